The summed E-state index contributed by atoms with van der Waals surface area (Å²) < 4.78 is 0. The smallest absolute Gasteiger partial charge is 0.223 e. The molecule has 4 heteroatoms. The Morgan fingerprint density at radius 3 is 1.00 bits per heavy atom. The highest BCUT2D eigenvalue weighted by molar-refractivity contribution is 5.78. The monoisotopic (exact) mass is 368 g/mol. The highest BCUT2D eigenvalue weighted by atomic mass is 16.2. The number of carbonyl (C=O) groups excluding carboxylic acids is 2. The normalized spacial score (nSPS) is 15.8. The van der Waals surface area contributed by atoms with Crippen LogP contribution in [0.25, 0.3) is 0 Å². The quantitative estimate of drug-likeness (QED) is 0.408. The molecular weight excluding hydrogens is 324 g/mol. The summed E-state index contributed by atoms with van der Waals surface area (Å²) in [5, 5.41) is 0. The number of nitrogens with zero attached hydrogens (tertiary/aromatic N) is 2. The van der Waals surface area contributed by atoms with Gasteiger partial charge in [-0.2, -0.15) is 0 Å². The molecule has 0 bridgehead atoms. The van der Waals surface area contributed by atoms with Crippen molar-refractivity contribution in [1.82, 2.24) is 9.80 Å². The van der Waals surface area contributed by atoms with Crippen molar-refractivity contribution in [2.75, 3.05) is 0 Å². The lowest BCUT2D eigenvalue weighted by atomic mass is 10.1. The molecule has 4 atom stereocenters. The average molecular weight is 369 g/mol. The minimum absolute atomic E-state index is 0.238. The van der Waals surface area contributed by atoms with E-state index in [0.717, 1.165) is 38.5 Å². The molecule has 4 nitrogen and oxygen atoms in total. The van der Waals surface area contributed by atoms with Crippen molar-refractivity contribution >= 4 is 11.8 Å². The van der Waals surface area contributed by atoms with Gasteiger partial charge in [0.25, 0.3) is 0 Å². The van der Waals surface area contributed by atoms with E-state index < -0.39 is 0 Å². The molecule has 0 aliphatic carbocycles. The molecule has 4 unspecified atom stereocenters. The minimum Gasteiger partial charge on any atom is -0.337 e. The first-order valence-corrected chi connectivity index (χ1v) is 10.9. The lowest BCUT2D eigenvalue weighted by Crippen LogP contribution is -2.44. The maximum atomic E-state index is 12.7. The van der Waals surface area contributed by atoms with Crippen LogP contribution in [-0.2, 0) is 9.59 Å². The standard InChI is InChI=1S/C22H44N2O2/c1-9-17(5)23(18(6)10-2)21(25)15-13-14-16-22(26)24(19(7)11-3)20(8)12-4/h17-20H,9-16H2,1-8H3. The Bertz CT molecular complexity index is 353. The third kappa shape index (κ3) is 7.67. The molecule has 0 aromatic rings. The van der Waals surface area contributed by atoms with E-state index in [2.05, 4.69) is 55.4 Å². The van der Waals surface area contributed by atoms with Crippen molar-refractivity contribution in [3.05, 3.63) is 0 Å². The van der Waals surface area contributed by atoms with Gasteiger partial charge < -0.3 is 9.80 Å². The van der Waals surface area contributed by atoms with Crippen LogP contribution in [0.3, 0.4) is 0 Å². The van der Waals surface area contributed by atoms with Crippen LogP contribution in [0.1, 0.15) is 107 Å². The van der Waals surface area contributed by atoms with Crippen molar-refractivity contribution in [3.8, 4) is 0 Å². The maximum Gasteiger partial charge on any atom is 0.223 e. The summed E-state index contributed by atoms with van der Waals surface area (Å²) in [5.74, 6) is 0.476. The molecule has 0 rings (SSSR count). The zero-order valence-corrected chi connectivity index (χ0v) is 18.7. The van der Waals surface area contributed by atoms with Gasteiger partial charge in [-0.15, -0.1) is 0 Å². The molecule has 0 aromatic heterocycles. The molecule has 2 amide bonds. The molecule has 0 aromatic carbocycles. The predicted molar refractivity (Wildman–Crippen MR) is 111 cm³/mol. The zero-order chi connectivity index (χ0) is 20.3. The summed E-state index contributed by atoms with van der Waals surface area (Å²) in [6.07, 6.45) is 6.61. The van der Waals surface area contributed by atoms with Gasteiger partial charge in [0.05, 0.1) is 0 Å². The number of carbonyl (C=O) groups is 2. The van der Waals surface area contributed by atoms with Crippen LogP contribution in [0.15, 0.2) is 0 Å². The second kappa shape index (κ2) is 13.2. The first-order chi connectivity index (χ1) is 12.2. The summed E-state index contributed by atoms with van der Waals surface area (Å²) in [5.41, 5.74) is 0. The lowest BCUT2D eigenvalue weighted by molar-refractivity contribution is -0.137. The number of hydrogen-bond donors (Lipinski definition) is 0. The molecular formula is C22H44N2O2. The van der Waals surface area contributed by atoms with Crippen molar-refractivity contribution in [2.45, 2.75) is 131 Å². The van der Waals surface area contributed by atoms with Gasteiger partial charge in [-0.3, -0.25) is 9.59 Å². The van der Waals surface area contributed by atoms with Crippen LogP contribution in [0.5, 0.6) is 0 Å². The van der Waals surface area contributed by atoms with E-state index in [1.165, 1.54) is 0 Å². The predicted octanol–water partition coefficient (Wildman–Crippen LogP) is 5.40. The number of rotatable bonds is 13. The SMILES string of the molecule is CCC(C)N(C(=O)CCCCC(=O)N(C(C)CC)C(C)CC)C(C)CC. The van der Waals surface area contributed by atoms with Crippen molar-refractivity contribution in [2.24, 2.45) is 0 Å². The molecule has 0 radical (unpaired) electrons. The molecule has 0 fully saturated rings. The van der Waals surface area contributed by atoms with Crippen LogP contribution < -0.4 is 0 Å². The van der Waals surface area contributed by atoms with Crippen molar-refractivity contribution < 1.29 is 9.59 Å². The Morgan fingerprint density at radius 2 is 0.808 bits per heavy atom. The van der Waals surface area contributed by atoms with Gasteiger partial charge in [0.1, 0.15) is 0 Å². The van der Waals surface area contributed by atoms with Crippen LogP contribution in [0.2, 0.25) is 0 Å². The Balaban J connectivity index is 4.57. The van der Waals surface area contributed by atoms with Gasteiger partial charge in [0.2, 0.25) is 11.8 Å². The lowest BCUT2D eigenvalue weighted by Gasteiger charge is -2.34. The Hall–Kier alpha value is -1.06. The largest absolute Gasteiger partial charge is 0.337 e. The van der Waals surface area contributed by atoms with Crippen LogP contribution >= 0.6 is 0 Å². The van der Waals surface area contributed by atoms with Gasteiger partial charge >= 0.3 is 0 Å². The van der Waals surface area contributed by atoms with E-state index in [-0.39, 0.29) is 36.0 Å². The average Bonchev–Trinajstić information content (AvgIpc) is 2.64. The van der Waals surface area contributed by atoms with E-state index in [1.54, 1.807) is 0 Å². The highest BCUT2D eigenvalue weighted by Crippen LogP contribution is 2.17. The Labute approximate surface area is 162 Å². The topological polar surface area (TPSA) is 40.6 Å². The first kappa shape index (κ1) is 24.9. The van der Waals surface area contributed by atoms with Gasteiger partial charge in [-0.1, -0.05) is 27.7 Å². The van der Waals surface area contributed by atoms with E-state index >= 15 is 0 Å². The fourth-order valence-corrected chi connectivity index (χ4v) is 3.45. The third-order valence-electron chi connectivity index (χ3n) is 5.87. The molecule has 0 N–H and O–H groups in total. The van der Waals surface area contributed by atoms with Crippen LogP contribution in [-0.4, -0.2) is 45.8 Å². The molecule has 0 heterocycles. The highest BCUT2D eigenvalue weighted by Gasteiger charge is 2.24. The van der Waals surface area contributed by atoms with E-state index in [1.807, 2.05) is 9.80 Å². The second-order valence-electron chi connectivity index (χ2n) is 7.84. The maximum absolute atomic E-state index is 12.7. The van der Waals surface area contributed by atoms with E-state index in [9.17, 15) is 9.59 Å². The van der Waals surface area contributed by atoms with Crippen LogP contribution in [0, 0.1) is 0 Å². The van der Waals surface area contributed by atoms with Crippen molar-refractivity contribution in [1.29, 1.82) is 0 Å². The van der Waals surface area contributed by atoms with E-state index in [4.69, 9.17) is 0 Å². The summed E-state index contributed by atoms with van der Waals surface area (Å²) in [6.45, 7) is 17.0. The Kier molecular flexibility index (Phi) is 12.6. The molecule has 0 saturated heterocycles. The molecule has 0 aliphatic heterocycles. The van der Waals surface area contributed by atoms with Gasteiger partial charge in [-0.25, -0.2) is 0 Å². The molecule has 0 aliphatic rings. The second-order valence-corrected chi connectivity index (χ2v) is 7.84. The summed E-state index contributed by atoms with van der Waals surface area (Å²) >= 11 is 0. The minimum atomic E-state index is 0.238. The number of hydrogen-bond acceptors (Lipinski definition) is 2. The number of amides is 2. The first-order valence-electron chi connectivity index (χ1n) is 10.9. The van der Waals surface area contributed by atoms with Crippen molar-refractivity contribution in [3.63, 3.8) is 0 Å². The fraction of sp³-hybridized carbons (Fsp3) is 0.909. The molecule has 0 spiro atoms. The number of unbranched alkanes of at least 4 members (excludes halogenated alkanes) is 1. The van der Waals surface area contributed by atoms with Gasteiger partial charge in [-0.05, 0) is 66.2 Å². The molecule has 0 saturated carbocycles. The Morgan fingerprint density at radius 1 is 0.577 bits per heavy atom. The third-order valence-corrected chi connectivity index (χ3v) is 5.87. The van der Waals surface area contributed by atoms with Gasteiger partial charge in [0.15, 0.2) is 0 Å². The fourth-order valence-electron chi connectivity index (χ4n) is 3.45. The van der Waals surface area contributed by atoms with Gasteiger partial charge in [0, 0.05) is 37.0 Å². The summed E-state index contributed by atoms with van der Waals surface area (Å²) in [6, 6.07) is 1.13. The zero-order valence-electron chi connectivity index (χ0n) is 18.7. The molecule has 26 heavy (non-hydrogen) atoms. The van der Waals surface area contributed by atoms with E-state index in [0.29, 0.717) is 12.8 Å². The molecule has 154 valence electrons. The summed E-state index contributed by atoms with van der Waals surface area (Å²) in [4.78, 5) is 29.4. The van der Waals surface area contributed by atoms with Crippen LogP contribution in [0.4, 0.5) is 0 Å². The summed E-state index contributed by atoms with van der Waals surface area (Å²) in [7, 11) is 0.